The van der Waals surface area contributed by atoms with Gasteiger partial charge in [-0.3, -0.25) is 14.5 Å². The lowest BCUT2D eigenvalue weighted by Crippen LogP contribution is -2.45. The van der Waals surface area contributed by atoms with Crippen molar-refractivity contribution in [3.8, 4) is 17.2 Å². The highest BCUT2D eigenvalue weighted by atomic mass is 16.7. The normalized spacial score (nSPS) is 19.6. The predicted octanol–water partition coefficient (Wildman–Crippen LogP) is 6.31. The maximum atomic E-state index is 14.3. The van der Waals surface area contributed by atoms with Crippen LogP contribution in [-0.4, -0.2) is 87.1 Å². The Bertz CT molecular complexity index is 1420. The molecule has 46 heavy (non-hydrogen) atoms. The van der Waals surface area contributed by atoms with E-state index in [0.717, 1.165) is 35.1 Å². The number of anilines is 1. The Kier molecular flexibility index (Phi) is 11.1. The average molecular weight is 637 g/mol. The Morgan fingerprint density at radius 2 is 1.89 bits per heavy atom. The summed E-state index contributed by atoms with van der Waals surface area (Å²) < 4.78 is 17.7. The van der Waals surface area contributed by atoms with Gasteiger partial charge in [0.1, 0.15) is 6.54 Å². The van der Waals surface area contributed by atoms with Gasteiger partial charge in [0.2, 0.25) is 18.4 Å². The van der Waals surface area contributed by atoms with Crippen LogP contribution >= 0.6 is 0 Å². The van der Waals surface area contributed by atoms with E-state index in [2.05, 4.69) is 78.9 Å². The van der Waals surface area contributed by atoms with E-state index in [1.165, 1.54) is 11.1 Å². The standard InChI is InChI=1S/C37H53N3O6/c1-10-11-15-39(28-14-12-13-26(16-28)23-40(6,7)8)33(41)22-38-21-29(27-17-31(44-9)35-32(18-27)45-24-46-35)34(36(42)43)30(38)20-37(4,5)19-25(2)3/h12-14,16-19,29-30,34H,10-11,15,20-24H2,1-9H3/p+1/t29-,30+,34-/m1/s1. The summed E-state index contributed by atoms with van der Waals surface area (Å²) in [6, 6.07) is 11.6. The number of amides is 1. The first-order valence-corrected chi connectivity index (χ1v) is 16.4. The van der Waals surface area contributed by atoms with Gasteiger partial charge in [-0.25, -0.2) is 0 Å². The number of nitrogens with zero attached hydrogens (tertiary/aromatic N) is 3. The molecule has 1 saturated heterocycles. The zero-order valence-electron chi connectivity index (χ0n) is 29.3. The number of hydrogen-bond acceptors (Lipinski definition) is 6. The molecule has 0 saturated carbocycles. The van der Waals surface area contributed by atoms with Crippen molar-refractivity contribution in [3.63, 3.8) is 0 Å². The number of ether oxygens (including phenoxy) is 3. The minimum Gasteiger partial charge on any atom is -0.493 e. The quantitative estimate of drug-likeness (QED) is 0.192. The van der Waals surface area contributed by atoms with Crippen molar-refractivity contribution in [3.05, 3.63) is 59.2 Å². The van der Waals surface area contributed by atoms with Crippen LogP contribution in [0.1, 0.15) is 70.9 Å². The number of unbranched alkanes of at least 4 members (excludes halogenated alkanes) is 1. The number of carbonyl (C=O) groups excluding carboxylic acids is 1. The first-order chi connectivity index (χ1) is 21.6. The van der Waals surface area contributed by atoms with Gasteiger partial charge >= 0.3 is 5.97 Å². The van der Waals surface area contributed by atoms with Crippen molar-refractivity contribution in [2.24, 2.45) is 11.3 Å². The summed E-state index contributed by atoms with van der Waals surface area (Å²) in [5.41, 5.74) is 3.77. The molecule has 0 bridgehead atoms. The van der Waals surface area contributed by atoms with E-state index in [1.807, 2.05) is 29.2 Å². The summed E-state index contributed by atoms with van der Waals surface area (Å²) in [7, 11) is 8.03. The van der Waals surface area contributed by atoms with Crippen LogP contribution in [0.3, 0.4) is 0 Å². The summed E-state index contributed by atoms with van der Waals surface area (Å²) >= 11 is 0. The van der Waals surface area contributed by atoms with Crippen molar-refractivity contribution in [1.82, 2.24) is 4.90 Å². The number of benzene rings is 2. The monoisotopic (exact) mass is 636 g/mol. The third-order valence-corrected chi connectivity index (χ3v) is 8.81. The lowest BCUT2D eigenvalue weighted by atomic mass is 9.77. The van der Waals surface area contributed by atoms with Gasteiger partial charge in [-0.1, -0.05) is 51.0 Å². The molecule has 252 valence electrons. The molecule has 0 aromatic heterocycles. The van der Waals surface area contributed by atoms with Crippen LogP contribution in [0.5, 0.6) is 17.2 Å². The number of quaternary nitrogens is 1. The summed E-state index contributed by atoms with van der Waals surface area (Å²) in [6.45, 7) is 12.6. The highest BCUT2D eigenvalue weighted by Gasteiger charge is 2.49. The summed E-state index contributed by atoms with van der Waals surface area (Å²) in [4.78, 5) is 31.5. The van der Waals surface area contributed by atoms with E-state index in [-0.39, 0.29) is 36.6 Å². The Morgan fingerprint density at radius 1 is 1.15 bits per heavy atom. The topological polar surface area (TPSA) is 88.5 Å². The second-order valence-electron chi connectivity index (χ2n) is 14.9. The average Bonchev–Trinajstić information content (AvgIpc) is 3.56. The third kappa shape index (κ3) is 8.62. The number of rotatable bonds is 14. The van der Waals surface area contributed by atoms with Crippen LogP contribution in [0, 0.1) is 11.3 Å². The molecule has 0 radical (unpaired) electrons. The fourth-order valence-electron chi connectivity index (χ4n) is 7.17. The fourth-order valence-corrected chi connectivity index (χ4v) is 7.17. The van der Waals surface area contributed by atoms with Gasteiger partial charge in [-0.2, -0.15) is 0 Å². The minimum atomic E-state index is -0.870. The number of fused-ring (bicyclic) bond motifs is 1. The largest absolute Gasteiger partial charge is 0.493 e. The van der Waals surface area contributed by atoms with Crippen LogP contribution in [0.25, 0.3) is 0 Å². The molecule has 0 spiro atoms. The highest BCUT2D eigenvalue weighted by Crippen LogP contribution is 2.48. The van der Waals surface area contributed by atoms with Gasteiger partial charge in [-0.15, -0.1) is 0 Å². The van der Waals surface area contributed by atoms with Gasteiger partial charge in [-0.05, 0) is 61.9 Å². The zero-order chi connectivity index (χ0) is 33.8. The Balaban J connectivity index is 1.72. The molecule has 2 aromatic rings. The van der Waals surface area contributed by atoms with Gasteiger partial charge in [0, 0.05) is 36.3 Å². The molecule has 1 N–H and O–H groups in total. The molecule has 3 atom stereocenters. The van der Waals surface area contributed by atoms with E-state index in [9.17, 15) is 14.7 Å². The third-order valence-electron chi connectivity index (χ3n) is 8.81. The number of carboxylic acids is 1. The molecule has 0 unspecified atom stereocenters. The van der Waals surface area contributed by atoms with Crippen molar-refractivity contribution < 1.29 is 33.4 Å². The van der Waals surface area contributed by atoms with Crippen LogP contribution in [0.4, 0.5) is 5.69 Å². The van der Waals surface area contributed by atoms with E-state index in [0.29, 0.717) is 36.8 Å². The van der Waals surface area contributed by atoms with E-state index < -0.39 is 11.9 Å². The molecule has 2 aliphatic rings. The van der Waals surface area contributed by atoms with Gasteiger partial charge < -0.3 is 28.7 Å². The first kappa shape index (κ1) is 35.3. The van der Waals surface area contributed by atoms with Gasteiger partial charge in [0.15, 0.2) is 11.5 Å². The van der Waals surface area contributed by atoms with Crippen LogP contribution in [-0.2, 0) is 16.1 Å². The molecule has 1 fully saturated rings. The lowest BCUT2D eigenvalue weighted by molar-refractivity contribution is -0.884. The second kappa shape index (κ2) is 14.5. The smallest absolute Gasteiger partial charge is 0.308 e. The molecule has 2 aromatic carbocycles. The number of hydrogen-bond donors (Lipinski definition) is 1. The maximum Gasteiger partial charge on any atom is 0.308 e. The molecule has 0 aliphatic carbocycles. The SMILES string of the molecule is CCCCN(C(=O)CN1C[C@H](c2cc(OC)c3c(c2)OCO3)[C@@H](C(=O)O)[C@@H]1CC(C)(C)C=C(C)C)c1cccc(C[N+](C)(C)C)c1. The Labute approximate surface area is 275 Å². The Morgan fingerprint density at radius 3 is 2.52 bits per heavy atom. The van der Waals surface area contributed by atoms with Gasteiger partial charge in [0.25, 0.3) is 0 Å². The van der Waals surface area contributed by atoms with Crippen LogP contribution < -0.4 is 19.1 Å². The fraction of sp³-hybridized carbons (Fsp3) is 0.568. The molecule has 2 aliphatic heterocycles. The van der Waals surface area contributed by atoms with Crippen molar-refractivity contribution in [1.29, 1.82) is 0 Å². The number of allylic oxidation sites excluding steroid dienone is 2. The maximum absolute atomic E-state index is 14.3. The summed E-state index contributed by atoms with van der Waals surface area (Å²) in [5, 5.41) is 10.8. The van der Waals surface area contributed by atoms with Crippen molar-refractivity contribution >= 4 is 17.6 Å². The van der Waals surface area contributed by atoms with E-state index in [4.69, 9.17) is 14.2 Å². The minimum absolute atomic E-state index is 0.0195. The molecular formula is C37H54N3O6+. The molecule has 9 heteroatoms. The Hall–Kier alpha value is -3.56. The lowest BCUT2D eigenvalue weighted by Gasteiger charge is -2.34. The predicted molar refractivity (Wildman–Crippen MR) is 182 cm³/mol. The summed E-state index contributed by atoms with van der Waals surface area (Å²) in [5.74, 6) is -0.404. The molecule has 2 heterocycles. The molecule has 4 rings (SSSR count). The van der Waals surface area contributed by atoms with E-state index in [1.54, 1.807) is 7.11 Å². The zero-order valence-corrected chi connectivity index (χ0v) is 29.3. The van der Waals surface area contributed by atoms with Gasteiger partial charge in [0.05, 0.1) is 40.7 Å². The van der Waals surface area contributed by atoms with Crippen LogP contribution in [0.15, 0.2) is 48.0 Å². The number of likely N-dealkylation sites (tertiary alicyclic amines) is 1. The number of carboxylic acid groups (broad SMARTS) is 1. The van der Waals surface area contributed by atoms with Crippen LogP contribution in [0.2, 0.25) is 0 Å². The van der Waals surface area contributed by atoms with E-state index >= 15 is 0 Å². The number of aliphatic carboxylic acids is 1. The van der Waals surface area contributed by atoms with Crippen molar-refractivity contribution in [2.45, 2.75) is 72.4 Å². The molecule has 1 amide bonds. The van der Waals surface area contributed by atoms with Crippen molar-refractivity contribution in [2.75, 3.05) is 59.6 Å². The first-order valence-electron chi connectivity index (χ1n) is 16.4. The second-order valence-corrected chi connectivity index (χ2v) is 14.9. The summed E-state index contributed by atoms with van der Waals surface area (Å²) in [6.07, 6.45) is 4.63. The molecular weight excluding hydrogens is 582 g/mol. The highest BCUT2D eigenvalue weighted by molar-refractivity contribution is 5.95. The number of methoxy groups -OCH3 is 1. The molecule has 9 nitrogen and oxygen atoms in total. The number of carbonyl (C=O) groups is 2.